The summed E-state index contributed by atoms with van der Waals surface area (Å²) in [6, 6.07) is 3.54. The molecule has 3 heterocycles. The molecule has 7 heteroatoms. The molecule has 0 bridgehead atoms. The summed E-state index contributed by atoms with van der Waals surface area (Å²) >= 11 is 0. The van der Waals surface area contributed by atoms with Gasteiger partial charge in [-0.2, -0.15) is 0 Å². The number of hydrogen-bond donors (Lipinski definition) is 1. The van der Waals surface area contributed by atoms with E-state index in [1.807, 2.05) is 31.7 Å². The Morgan fingerprint density at radius 1 is 1.39 bits per heavy atom. The molecule has 0 aromatic carbocycles. The fraction of sp³-hybridized carbons (Fsp3) is 0.571. The van der Waals surface area contributed by atoms with Gasteiger partial charge in [0.25, 0.3) is 5.91 Å². The average molecular weight is 385 g/mol. The van der Waals surface area contributed by atoms with Crippen molar-refractivity contribution < 1.29 is 18.7 Å². The maximum absolute atomic E-state index is 12.7. The second-order valence-electron chi connectivity index (χ2n) is 8.83. The SMILES string of the molecule is CC(C)(C)OC(=O)N1CCCCC12CC2CNC(=O)c1cc2ccncc2o1. The Hall–Kier alpha value is -2.57. The van der Waals surface area contributed by atoms with Crippen molar-refractivity contribution in [2.24, 2.45) is 5.92 Å². The third kappa shape index (κ3) is 3.57. The number of hydrogen-bond acceptors (Lipinski definition) is 5. The number of carbonyl (C=O) groups is 2. The first kappa shape index (κ1) is 18.8. The van der Waals surface area contributed by atoms with E-state index in [0.717, 1.165) is 37.6 Å². The van der Waals surface area contributed by atoms with E-state index in [9.17, 15) is 9.59 Å². The smallest absolute Gasteiger partial charge is 0.410 e. The number of furan rings is 1. The first-order valence-electron chi connectivity index (χ1n) is 9.91. The van der Waals surface area contributed by atoms with Crippen LogP contribution in [0.15, 0.2) is 28.9 Å². The molecule has 1 N–H and O–H groups in total. The van der Waals surface area contributed by atoms with Crippen molar-refractivity contribution in [2.45, 2.75) is 57.6 Å². The molecular formula is C21H27N3O4. The molecule has 1 saturated carbocycles. The van der Waals surface area contributed by atoms with Crippen molar-refractivity contribution in [1.29, 1.82) is 0 Å². The first-order valence-corrected chi connectivity index (χ1v) is 9.91. The summed E-state index contributed by atoms with van der Waals surface area (Å²) in [6.45, 7) is 6.89. The molecule has 4 rings (SSSR count). The Morgan fingerprint density at radius 3 is 2.96 bits per heavy atom. The van der Waals surface area contributed by atoms with E-state index in [1.54, 1.807) is 18.5 Å². The lowest BCUT2D eigenvalue weighted by molar-refractivity contribution is 0.00325. The highest BCUT2D eigenvalue weighted by Gasteiger charge is 2.60. The summed E-state index contributed by atoms with van der Waals surface area (Å²) in [7, 11) is 0. The quantitative estimate of drug-likeness (QED) is 0.870. The first-order chi connectivity index (χ1) is 13.3. The third-order valence-corrected chi connectivity index (χ3v) is 5.65. The molecule has 7 nitrogen and oxygen atoms in total. The van der Waals surface area contributed by atoms with Gasteiger partial charge in [-0.25, -0.2) is 4.79 Å². The molecule has 28 heavy (non-hydrogen) atoms. The number of pyridine rings is 1. The Labute approximate surface area is 164 Å². The lowest BCUT2D eigenvalue weighted by atomic mass is 9.98. The largest absolute Gasteiger partial charge is 0.449 e. The van der Waals surface area contributed by atoms with Crippen molar-refractivity contribution in [3.63, 3.8) is 0 Å². The van der Waals surface area contributed by atoms with Crippen molar-refractivity contribution in [2.75, 3.05) is 13.1 Å². The van der Waals surface area contributed by atoms with Crippen LogP contribution in [0.2, 0.25) is 0 Å². The Morgan fingerprint density at radius 2 is 2.21 bits per heavy atom. The summed E-state index contributed by atoms with van der Waals surface area (Å²) in [4.78, 5) is 31.1. The van der Waals surface area contributed by atoms with Gasteiger partial charge in [0, 0.05) is 30.6 Å². The van der Waals surface area contributed by atoms with Gasteiger partial charge in [-0.3, -0.25) is 9.78 Å². The minimum absolute atomic E-state index is 0.175. The van der Waals surface area contributed by atoms with Crippen LogP contribution in [0.3, 0.4) is 0 Å². The third-order valence-electron chi connectivity index (χ3n) is 5.65. The number of fused-ring (bicyclic) bond motifs is 1. The predicted octanol–water partition coefficient (Wildman–Crippen LogP) is 3.74. The molecular weight excluding hydrogens is 358 g/mol. The summed E-state index contributed by atoms with van der Waals surface area (Å²) < 4.78 is 11.2. The van der Waals surface area contributed by atoms with Crippen molar-refractivity contribution in [3.05, 3.63) is 30.3 Å². The van der Waals surface area contributed by atoms with Gasteiger partial charge in [-0.1, -0.05) is 0 Å². The predicted molar refractivity (Wildman–Crippen MR) is 104 cm³/mol. The van der Waals surface area contributed by atoms with E-state index >= 15 is 0 Å². The highest BCUT2D eigenvalue weighted by atomic mass is 16.6. The van der Waals surface area contributed by atoms with Crippen molar-refractivity contribution in [3.8, 4) is 0 Å². The molecule has 2 aliphatic rings. The normalized spacial score (nSPS) is 24.4. The minimum Gasteiger partial charge on any atom is -0.449 e. The monoisotopic (exact) mass is 385 g/mol. The van der Waals surface area contributed by atoms with Crippen LogP contribution in [0.25, 0.3) is 11.0 Å². The zero-order chi connectivity index (χ0) is 19.9. The minimum atomic E-state index is -0.509. The number of nitrogens with zero attached hydrogens (tertiary/aromatic N) is 2. The zero-order valence-electron chi connectivity index (χ0n) is 16.7. The number of likely N-dealkylation sites (tertiary alicyclic amines) is 1. The Balaban J connectivity index is 1.39. The summed E-state index contributed by atoms with van der Waals surface area (Å²) in [5.41, 5.74) is -0.0882. The maximum atomic E-state index is 12.7. The van der Waals surface area contributed by atoms with Crippen molar-refractivity contribution in [1.82, 2.24) is 15.2 Å². The van der Waals surface area contributed by atoms with Crippen LogP contribution in [-0.2, 0) is 4.74 Å². The topological polar surface area (TPSA) is 84.7 Å². The average Bonchev–Trinajstić information content (AvgIpc) is 3.12. The maximum Gasteiger partial charge on any atom is 0.410 e. The second kappa shape index (κ2) is 6.79. The van der Waals surface area contributed by atoms with E-state index in [4.69, 9.17) is 9.15 Å². The van der Waals surface area contributed by atoms with Crippen LogP contribution in [0.5, 0.6) is 0 Å². The standard InChI is InChI=1S/C21H27N3O4/c1-20(2,3)28-19(26)24-9-5-4-7-21(24)11-15(21)12-23-18(25)16-10-14-6-8-22-13-17(14)27-16/h6,8,10,13,15H,4-5,7,9,11-12H2,1-3H3,(H,23,25). The number of amides is 2. The van der Waals surface area contributed by atoms with Gasteiger partial charge in [0.05, 0.1) is 11.7 Å². The van der Waals surface area contributed by atoms with Gasteiger partial charge in [0.2, 0.25) is 0 Å². The molecule has 1 saturated heterocycles. The number of ether oxygens (including phenoxy) is 1. The molecule has 2 aromatic heterocycles. The number of carbonyl (C=O) groups excluding carboxylic acids is 2. The van der Waals surface area contributed by atoms with E-state index in [0.29, 0.717) is 12.1 Å². The highest BCUT2D eigenvalue weighted by Crippen LogP contribution is 2.54. The molecule has 2 amide bonds. The molecule has 150 valence electrons. The van der Waals surface area contributed by atoms with E-state index in [1.165, 1.54) is 0 Å². The Bertz CT molecular complexity index is 867. The summed E-state index contributed by atoms with van der Waals surface area (Å²) in [5.74, 6) is 0.290. The fourth-order valence-electron chi connectivity index (χ4n) is 4.21. The van der Waals surface area contributed by atoms with Crippen LogP contribution in [0.4, 0.5) is 4.79 Å². The van der Waals surface area contributed by atoms with E-state index < -0.39 is 5.60 Å². The highest BCUT2D eigenvalue weighted by molar-refractivity contribution is 5.95. The van der Waals surface area contributed by atoms with E-state index in [-0.39, 0.29) is 29.2 Å². The zero-order valence-corrected chi connectivity index (χ0v) is 16.7. The van der Waals surface area contributed by atoms with Crippen LogP contribution in [0.1, 0.15) is 57.0 Å². The molecule has 1 spiro atoms. The van der Waals surface area contributed by atoms with E-state index in [2.05, 4.69) is 10.3 Å². The molecule has 2 atom stereocenters. The summed E-state index contributed by atoms with van der Waals surface area (Å²) in [6.07, 6.45) is 6.98. The summed E-state index contributed by atoms with van der Waals surface area (Å²) in [5, 5.41) is 3.82. The lowest BCUT2D eigenvalue weighted by Crippen LogP contribution is -2.49. The van der Waals surface area contributed by atoms with Gasteiger partial charge < -0.3 is 19.4 Å². The fourth-order valence-corrected chi connectivity index (χ4v) is 4.21. The number of aromatic nitrogens is 1. The molecule has 2 fully saturated rings. The molecule has 1 aliphatic carbocycles. The van der Waals surface area contributed by atoms with Gasteiger partial charge >= 0.3 is 6.09 Å². The lowest BCUT2D eigenvalue weighted by Gasteiger charge is -2.38. The van der Waals surface area contributed by atoms with Gasteiger partial charge in [0.1, 0.15) is 5.60 Å². The second-order valence-corrected chi connectivity index (χ2v) is 8.83. The van der Waals surface area contributed by atoms with Crippen LogP contribution in [0, 0.1) is 5.92 Å². The number of rotatable bonds is 3. The molecule has 2 aromatic rings. The molecule has 0 radical (unpaired) electrons. The van der Waals surface area contributed by atoms with Crippen LogP contribution >= 0.6 is 0 Å². The number of piperidine rings is 1. The van der Waals surface area contributed by atoms with Gasteiger partial charge in [-0.05, 0) is 58.6 Å². The van der Waals surface area contributed by atoms with Gasteiger partial charge in [0.15, 0.2) is 11.3 Å². The number of nitrogens with one attached hydrogen (secondary N) is 1. The Kier molecular flexibility index (Phi) is 4.56. The molecule has 1 aliphatic heterocycles. The van der Waals surface area contributed by atoms with Crippen LogP contribution in [-0.4, -0.2) is 46.1 Å². The van der Waals surface area contributed by atoms with Crippen molar-refractivity contribution >= 4 is 23.0 Å². The molecule has 2 unspecified atom stereocenters. The van der Waals surface area contributed by atoms with Crippen LogP contribution < -0.4 is 5.32 Å². The van der Waals surface area contributed by atoms with Gasteiger partial charge in [-0.15, -0.1) is 0 Å².